The summed E-state index contributed by atoms with van der Waals surface area (Å²) in [5.74, 6) is 1.21. The molecule has 2 atom stereocenters. The Morgan fingerprint density at radius 3 is 2.56 bits per heavy atom. The summed E-state index contributed by atoms with van der Waals surface area (Å²) in [5.41, 5.74) is 8.22. The maximum Gasteiger partial charge on any atom is 0.410 e. The second-order valence-electron chi connectivity index (χ2n) is 13.0. The molecule has 1 aliphatic carbocycles. The predicted molar refractivity (Wildman–Crippen MR) is 170 cm³/mol. The Labute approximate surface area is 261 Å². The average Bonchev–Trinajstić information content (AvgIpc) is 3.69. The first kappa shape index (κ1) is 30.3. The van der Waals surface area contributed by atoms with Crippen molar-refractivity contribution in [1.82, 2.24) is 25.1 Å². The lowest BCUT2D eigenvalue weighted by atomic mass is 9.88. The van der Waals surface area contributed by atoms with E-state index in [0.717, 1.165) is 12.0 Å². The molecule has 1 saturated carbocycles. The van der Waals surface area contributed by atoms with Gasteiger partial charge in [-0.2, -0.15) is 5.10 Å². The molecular weight excluding hydrogens is 574 g/mol. The number of piperidine rings is 1. The quantitative estimate of drug-likeness (QED) is 0.232. The lowest BCUT2D eigenvalue weighted by Crippen LogP contribution is -2.49. The zero-order valence-corrected chi connectivity index (χ0v) is 26.0. The molecule has 236 valence electrons. The van der Waals surface area contributed by atoms with Crippen molar-refractivity contribution in [2.75, 3.05) is 31.2 Å². The van der Waals surface area contributed by atoms with Crippen molar-refractivity contribution < 1.29 is 24.2 Å². The summed E-state index contributed by atoms with van der Waals surface area (Å²) in [5, 5.41) is 22.3. The van der Waals surface area contributed by atoms with E-state index in [2.05, 4.69) is 37.6 Å². The molecule has 2 amide bonds. The Hall–Kier alpha value is -4.71. The number of likely N-dealkylation sites (tertiary alicyclic amines) is 1. The van der Waals surface area contributed by atoms with E-state index >= 15 is 0 Å². The first-order valence-electron chi connectivity index (χ1n) is 15.2. The first-order valence-corrected chi connectivity index (χ1v) is 15.2. The number of anilines is 2. The third kappa shape index (κ3) is 6.56. The minimum atomic E-state index is -1.09. The summed E-state index contributed by atoms with van der Waals surface area (Å²) in [7, 11) is 1.55. The normalized spacial score (nSPS) is 19.3. The molecule has 6 rings (SSSR count). The fourth-order valence-corrected chi connectivity index (χ4v) is 5.92. The van der Waals surface area contributed by atoms with Crippen molar-refractivity contribution in [1.29, 1.82) is 0 Å². The minimum absolute atomic E-state index is 0.0377. The van der Waals surface area contributed by atoms with Crippen LogP contribution in [-0.2, 0) is 16.0 Å². The van der Waals surface area contributed by atoms with Gasteiger partial charge in [-0.05, 0) is 63.6 Å². The maximum atomic E-state index is 13.0. The topological polar surface area (TPSA) is 169 Å². The van der Waals surface area contributed by atoms with Gasteiger partial charge in [0.2, 0.25) is 5.91 Å². The Kier molecular flexibility index (Phi) is 7.86. The van der Waals surface area contributed by atoms with Gasteiger partial charge >= 0.3 is 6.09 Å². The largest absolute Gasteiger partial charge is 0.495 e. The molecule has 0 unspecified atom stereocenters. The molecule has 12 nitrogen and oxygen atoms in total. The van der Waals surface area contributed by atoms with Crippen LogP contribution in [0.2, 0.25) is 0 Å². The summed E-state index contributed by atoms with van der Waals surface area (Å²) < 4.78 is 11.1. The van der Waals surface area contributed by atoms with Crippen LogP contribution in [0.1, 0.15) is 57.3 Å². The van der Waals surface area contributed by atoms with E-state index in [1.807, 2.05) is 45.0 Å². The molecule has 2 aliphatic rings. The highest BCUT2D eigenvalue weighted by Gasteiger charge is 2.44. The molecule has 2 fully saturated rings. The van der Waals surface area contributed by atoms with Gasteiger partial charge in [-0.25, -0.2) is 14.8 Å². The third-order valence-electron chi connectivity index (χ3n) is 8.42. The van der Waals surface area contributed by atoms with Crippen molar-refractivity contribution in [3.63, 3.8) is 0 Å². The number of hydrogen-bond acceptors (Lipinski definition) is 9. The number of hydrogen-bond donors (Lipinski definition) is 4. The summed E-state index contributed by atoms with van der Waals surface area (Å²) in [6.45, 7) is 6.20. The summed E-state index contributed by atoms with van der Waals surface area (Å²) in [4.78, 5) is 36.1. The number of nitrogens with one attached hydrogen (secondary N) is 2. The SMILES string of the molecule is COc1cc(-c2[nH]nc3nc(CC4(O)CCN(C(=O)OC(C)(C)C)CC4)nc(N)c23)ccc1NC(=O)[C@@H]1C[C@H]1c1ccccc1. The molecule has 45 heavy (non-hydrogen) atoms. The van der Waals surface area contributed by atoms with Crippen LogP contribution in [0.4, 0.5) is 16.3 Å². The zero-order chi connectivity index (χ0) is 31.9. The average molecular weight is 614 g/mol. The molecule has 4 aromatic rings. The predicted octanol–water partition coefficient (Wildman–Crippen LogP) is 4.66. The molecule has 3 heterocycles. The Bertz CT molecular complexity index is 1720. The number of nitrogens with zero attached hydrogens (tertiary/aromatic N) is 4. The standard InChI is InChI=1S/C33H39N7O5/c1-32(2,3)45-31(42)40-14-12-33(43,13-15-40)18-25-36-28(34)26-27(38-39-29(26)37-25)20-10-11-23(24(16-20)44-4)35-30(41)22-17-21(22)19-8-6-5-7-9-19/h5-11,16,21-22,43H,12-15,17-18H2,1-4H3,(H,35,41)(H3,34,36,37,38,39)/t21-,22+/m0/s1. The fraction of sp³-hybridized carbons (Fsp3) is 0.424. The van der Waals surface area contributed by atoms with Crippen LogP contribution in [-0.4, -0.2) is 73.6 Å². The second-order valence-corrected chi connectivity index (χ2v) is 13.0. The molecule has 5 N–H and O–H groups in total. The van der Waals surface area contributed by atoms with E-state index < -0.39 is 11.2 Å². The number of carbonyl (C=O) groups is 2. The van der Waals surface area contributed by atoms with Crippen LogP contribution in [0, 0.1) is 5.92 Å². The van der Waals surface area contributed by atoms with Crippen molar-refractivity contribution in [3.05, 3.63) is 59.9 Å². The number of amides is 2. The van der Waals surface area contributed by atoms with Crippen LogP contribution in [0.15, 0.2) is 48.5 Å². The monoisotopic (exact) mass is 613 g/mol. The number of methoxy groups -OCH3 is 1. The molecule has 2 aromatic heterocycles. The number of aromatic nitrogens is 4. The number of fused-ring (bicyclic) bond motifs is 1. The molecule has 1 saturated heterocycles. The van der Waals surface area contributed by atoms with Gasteiger partial charge in [0, 0.05) is 31.0 Å². The Balaban J connectivity index is 1.14. The maximum absolute atomic E-state index is 13.0. The number of aliphatic hydroxyl groups is 1. The van der Waals surface area contributed by atoms with Crippen LogP contribution < -0.4 is 15.8 Å². The van der Waals surface area contributed by atoms with Crippen molar-refractivity contribution in [3.8, 4) is 17.0 Å². The van der Waals surface area contributed by atoms with Crippen molar-refractivity contribution >= 4 is 34.5 Å². The van der Waals surface area contributed by atoms with E-state index in [0.29, 0.717) is 59.9 Å². The van der Waals surface area contributed by atoms with Crippen molar-refractivity contribution in [2.24, 2.45) is 5.92 Å². The Morgan fingerprint density at radius 2 is 1.87 bits per heavy atom. The molecule has 2 aromatic carbocycles. The molecule has 12 heteroatoms. The fourth-order valence-electron chi connectivity index (χ4n) is 5.92. The lowest BCUT2D eigenvalue weighted by molar-refractivity contribution is -0.117. The smallest absolute Gasteiger partial charge is 0.410 e. The summed E-state index contributed by atoms with van der Waals surface area (Å²) in [6, 6.07) is 15.5. The number of benzene rings is 2. The van der Waals surface area contributed by atoms with E-state index in [1.165, 1.54) is 5.56 Å². The molecule has 0 bridgehead atoms. The van der Waals surface area contributed by atoms with Crippen LogP contribution in [0.3, 0.4) is 0 Å². The van der Waals surface area contributed by atoms with Gasteiger partial charge in [-0.15, -0.1) is 0 Å². The molecule has 1 aliphatic heterocycles. The van der Waals surface area contributed by atoms with Gasteiger partial charge < -0.3 is 30.5 Å². The van der Waals surface area contributed by atoms with Gasteiger partial charge in [0.1, 0.15) is 23.0 Å². The number of ether oxygens (including phenoxy) is 2. The van der Waals surface area contributed by atoms with E-state index in [4.69, 9.17) is 15.2 Å². The highest BCUT2D eigenvalue weighted by molar-refractivity contribution is 6.00. The molecular formula is C33H39N7O5. The van der Waals surface area contributed by atoms with Gasteiger partial charge in [0.05, 0.1) is 29.5 Å². The molecule has 0 radical (unpaired) electrons. The lowest BCUT2D eigenvalue weighted by Gasteiger charge is -2.38. The number of carbonyl (C=O) groups excluding carboxylic acids is 2. The van der Waals surface area contributed by atoms with Gasteiger partial charge in [0.15, 0.2) is 5.65 Å². The third-order valence-corrected chi connectivity index (χ3v) is 8.42. The summed E-state index contributed by atoms with van der Waals surface area (Å²) >= 11 is 0. The van der Waals surface area contributed by atoms with Crippen molar-refractivity contribution in [2.45, 2.75) is 63.6 Å². The van der Waals surface area contributed by atoms with E-state index in [1.54, 1.807) is 24.1 Å². The number of nitrogen functional groups attached to an aromatic ring is 1. The second kappa shape index (κ2) is 11.7. The van der Waals surface area contributed by atoms with Gasteiger partial charge in [-0.1, -0.05) is 36.4 Å². The van der Waals surface area contributed by atoms with Crippen LogP contribution >= 0.6 is 0 Å². The zero-order valence-electron chi connectivity index (χ0n) is 26.0. The summed E-state index contributed by atoms with van der Waals surface area (Å²) in [6.07, 6.45) is 1.32. The highest BCUT2D eigenvalue weighted by Crippen LogP contribution is 2.48. The Morgan fingerprint density at radius 1 is 1.13 bits per heavy atom. The van der Waals surface area contributed by atoms with E-state index in [-0.39, 0.29) is 36.1 Å². The first-order chi connectivity index (χ1) is 21.4. The van der Waals surface area contributed by atoms with Gasteiger partial charge in [-0.3, -0.25) is 9.89 Å². The highest BCUT2D eigenvalue weighted by atomic mass is 16.6. The number of nitrogens with two attached hydrogens (primary N) is 1. The number of H-pyrrole nitrogens is 1. The van der Waals surface area contributed by atoms with E-state index in [9.17, 15) is 14.7 Å². The van der Waals surface area contributed by atoms with Crippen LogP contribution in [0.5, 0.6) is 5.75 Å². The van der Waals surface area contributed by atoms with Crippen LogP contribution in [0.25, 0.3) is 22.3 Å². The molecule has 0 spiro atoms. The number of rotatable bonds is 7. The van der Waals surface area contributed by atoms with Gasteiger partial charge in [0.25, 0.3) is 0 Å². The number of aromatic amines is 1. The minimum Gasteiger partial charge on any atom is -0.495 e.